The molecule has 4 atom stereocenters. The molecule has 4 unspecified atom stereocenters. The summed E-state index contributed by atoms with van der Waals surface area (Å²) >= 11 is 0. The molecule has 3 aliphatic rings. The van der Waals surface area contributed by atoms with Gasteiger partial charge in [0.05, 0.1) is 11.3 Å². The van der Waals surface area contributed by atoms with Crippen LogP contribution in [0.4, 0.5) is 0 Å². The molecule has 1 N–H and O–H groups in total. The zero-order valence-electron chi connectivity index (χ0n) is 15.4. The van der Waals surface area contributed by atoms with Gasteiger partial charge >= 0.3 is 11.9 Å². The Morgan fingerprint density at radius 2 is 1.87 bits per heavy atom. The number of fused-ring (bicyclic) bond motifs is 3. The first-order valence-corrected chi connectivity index (χ1v) is 8.92. The molecule has 0 aromatic rings. The Balaban J connectivity index is 2.28. The van der Waals surface area contributed by atoms with Crippen LogP contribution in [-0.2, 0) is 14.3 Å². The van der Waals surface area contributed by atoms with E-state index >= 15 is 0 Å². The Kier molecular flexibility index (Phi) is 4.60. The summed E-state index contributed by atoms with van der Waals surface area (Å²) in [5, 5.41) is 9.72. The molecule has 0 aromatic carbocycles. The van der Waals surface area contributed by atoms with E-state index in [1.807, 2.05) is 20.8 Å². The molecule has 4 nitrogen and oxygen atoms in total. The van der Waals surface area contributed by atoms with E-state index in [4.69, 9.17) is 4.74 Å². The van der Waals surface area contributed by atoms with Crippen LogP contribution in [0.3, 0.4) is 0 Å². The molecular weight excluding hydrogens is 292 g/mol. The molecule has 4 heteroatoms. The van der Waals surface area contributed by atoms with E-state index in [0.29, 0.717) is 12.8 Å². The molecule has 0 heterocycles. The molecule has 0 spiro atoms. The molecule has 0 aliphatic heterocycles. The van der Waals surface area contributed by atoms with Gasteiger partial charge in [0.1, 0.15) is 6.10 Å². The van der Waals surface area contributed by atoms with Gasteiger partial charge in [0.2, 0.25) is 0 Å². The van der Waals surface area contributed by atoms with Gasteiger partial charge in [0.15, 0.2) is 0 Å². The van der Waals surface area contributed by atoms with Crippen molar-refractivity contribution in [2.24, 2.45) is 28.1 Å². The number of aliphatic carboxylic acids is 1. The normalized spacial score (nSPS) is 37.0. The number of carboxylic acid groups (broad SMARTS) is 1. The van der Waals surface area contributed by atoms with Crippen molar-refractivity contribution in [2.45, 2.75) is 79.8 Å². The van der Waals surface area contributed by atoms with Gasteiger partial charge in [0.25, 0.3) is 0 Å². The lowest BCUT2D eigenvalue weighted by atomic mass is 9.45. The average molecular weight is 324 g/mol. The fraction of sp³-hybridized carbons (Fsp3) is 0.895. The Labute approximate surface area is 140 Å². The van der Waals surface area contributed by atoms with Crippen molar-refractivity contribution < 1.29 is 19.4 Å². The van der Waals surface area contributed by atoms with E-state index in [0.717, 1.165) is 19.3 Å². The van der Waals surface area contributed by atoms with Gasteiger partial charge in [-0.3, -0.25) is 9.59 Å². The highest BCUT2D eigenvalue weighted by Crippen LogP contribution is 2.63. The first-order chi connectivity index (χ1) is 10.5. The zero-order valence-corrected chi connectivity index (χ0v) is 15.4. The van der Waals surface area contributed by atoms with Crippen LogP contribution < -0.4 is 0 Å². The molecule has 3 rings (SSSR count). The molecule has 2 bridgehead atoms. The molecule has 0 radical (unpaired) electrons. The standard InChI is InChI=1S/C19H32O4/c1-7-17(4,5)16(22)23-14-11-19(12(2)3)9-8-18(14,6)10-13(19)15(20)21/h12-14H,7-11H2,1-6H3,(H,20,21). The first-order valence-electron chi connectivity index (χ1n) is 8.92. The summed E-state index contributed by atoms with van der Waals surface area (Å²) in [5.41, 5.74) is -0.936. The average Bonchev–Trinajstić information content (AvgIpc) is 2.47. The Morgan fingerprint density at radius 3 is 2.35 bits per heavy atom. The van der Waals surface area contributed by atoms with Crippen molar-refractivity contribution >= 4 is 11.9 Å². The van der Waals surface area contributed by atoms with Crippen LogP contribution in [0, 0.1) is 28.1 Å². The summed E-state index contributed by atoms with van der Waals surface area (Å²) in [6, 6.07) is 0. The lowest BCUT2D eigenvalue weighted by molar-refractivity contribution is -0.205. The number of carboxylic acids is 1. The number of carbonyl (C=O) groups excluding carboxylic acids is 1. The predicted molar refractivity (Wildman–Crippen MR) is 88.9 cm³/mol. The molecule has 3 saturated carbocycles. The van der Waals surface area contributed by atoms with Crippen LogP contribution >= 0.6 is 0 Å². The summed E-state index contributed by atoms with van der Waals surface area (Å²) in [4.78, 5) is 24.4. The number of rotatable bonds is 5. The largest absolute Gasteiger partial charge is 0.481 e. The van der Waals surface area contributed by atoms with Crippen LogP contribution in [0.15, 0.2) is 0 Å². The van der Waals surface area contributed by atoms with Gasteiger partial charge in [-0.25, -0.2) is 0 Å². The highest BCUT2D eigenvalue weighted by Gasteiger charge is 2.61. The van der Waals surface area contributed by atoms with Crippen molar-refractivity contribution in [3.63, 3.8) is 0 Å². The Hall–Kier alpha value is -1.06. The fourth-order valence-corrected chi connectivity index (χ4v) is 4.47. The van der Waals surface area contributed by atoms with E-state index in [1.54, 1.807) is 0 Å². The van der Waals surface area contributed by atoms with Crippen LogP contribution in [-0.4, -0.2) is 23.1 Å². The van der Waals surface area contributed by atoms with Gasteiger partial charge in [-0.2, -0.15) is 0 Å². The minimum atomic E-state index is -0.691. The lowest BCUT2D eigenvalue weighted by Gasteiger charge is -2.60. The maximum absolute atomic E-state index is 12.5. The zero-order chi connectivity index (χ0) is 17.6. The maximum Gasteiger partial charge on any atom is 0.311 e. The lowest BCUT2D eigenvalue weighted by Crippen LogP contribution is -2.59. The van der Waals surface area contributed by atoms with Crippen LogP contribution in [0.5, 0.6) is 0 Å². The molecule has 0 amide bonds. The summed E-state index contributed by atoms with van der Waals surface area (Å²) in [5.74, 6) is -0.892. The summed E-state index contributed by atoms with van der Waals surface area (Å²) in [6.07, 6.45) is 3.74. The Morgan fingerprint density at radius 1 is 1.26 bits per heavy atom. The molecular formula is C19H32O4. The van der Waals surface area contributed by atoms with Crippen molar-refractivity contribution in [2.75, 3.05) is 0 Å². The van der Waals surface area contributed by atoms with Gasteiger partial charge in [-0.1, -0.05) is 27.7 Å². The minimum Gasteiger partial charge on any atom is -0.481 e. The van der Waals surface area contributed by atoms with E-state index < -0.39 is 11.4 Å². The highest BCUT2D eigenvalue weighted by molar-refractivity contribution is 5.76. The maximum atomic E-state index is 12.5. The van der Waals surface area contributed by atoms with Gasteiger partial charge in [0, 0.05) is 5.41 Å². The molecule has 23 heavy (non-hydrogen) atoms. The SMILES string of the molecule is CCC(C)(C)C(=O)OC1CC2(C(C)C)CCC1(C)CC2C(=O)O. The quantitative estimate of drug-likeness (QED) is 0.767. The molecule has 0 saturated heterocycles. The third kappa shape index (κ3) is 2.89. The van der Waals surface area contributed by atoms with E-state index in [1.165, 1.54) is 0 Å². The second-order valence-corrected chi connectivity index (χ2v) is 8.97. The van der Waals surface area contributed by atoms with Gasteiger partial charge in [-0.05, 0) is 57.3 Å². The predicted octanol–water partition coefficient (Wildman–Crippen LogP) is 4.27. The third-order valence-electron chi connectivity index (χ3n) is 7.00. The van der Waals surface area contributed by atoms with Crippen molar-refractivity contribution in [3.8, 4) is 0 Å². The Bertz CT molecular complexity index is 496. The van der Waals surface area contributed by atoms with Crippen LogP contribution in [0.2, 0.25) is 0 Å². The number of hydrogen-bond donors (Lipinski definition) is 1. The highest BCUT2D eigenvalue weighted by atomic mass is 16.5. The van der Waals surface area contributed by atoms with Gasteiger partial charge in [-0.15, -0.1) is 0 Å². The van der Waals surface area contributed by atoms with Gasteiger partial charge < -0.3 is 9.84 Å². The van der Waals surface area contributed by atoms with Crippen LogP contribution in [0.1, 0.15) is 73.6 Å². The van der Waals surface area contributed by atoms with Crippen LogP contribution in [0.25, 0.3) is 0 Å². The number of carbonyl (C=O) groups is 2. The number of ether oxygens (including phenoxy) is 1. The van der Waals surface area contributed by atoms with Crippen molar-refractivity contribution in [3.05, 3.63) is 0 Å². The number of hydrogen-bond acceptors (Lipinski definition) is 3. The number of esters is 1. The van der Waals surface area contributed by atoms with Crippen molar-refractivity contribution in [1.82, 2.24) is 0 Å². The van der Waals surface area contributed by atoms with Crippen molar-refractivity contribution in [1.29, 1.82) is 0 Å². The van der Waals surface area contributed by atoms with E-state index in [9.17, 15) is 14.7 Å². The molecule has 3 aliphatic carbocycles. The van der Waals surface area contributed by atoms with E-state index in [-0.39, 0.29) is 34.7 Å². The monoisotopic (exact) mass is 324 g/mol. The first kappa shape index (κ1) is 18.3. The third-order valence-corrected chi connectivity index (χ3v) is 7.00. The molecule has 0 aromatic heterocycles. The second kappa shape index (κ2) is 5.78. The summed E-state index contributed by atoms with van der Waals surface area (Å²) in [6.45, 7) is 12.1. The molecule has 132 valence electrons. The summed E-state index contributed by atoms with van der Waals surface area (Å²) < 4.78 is 5.96. The topological polar surface area (TPSA) is 63.6 Å². The van der Waals surface area contributed by atoms with E-state index in [2.05, 4.69) is 20.8 Å². The summed E-state index contributed by atoms with van der Waals surface area (Å²) in [7, 11) is 0. The fourth-order valence-electron chi connectivity index (χ4n) is 4.47. The molecule has 3 fully saturated rings. The second-order valence-electron chi connectivity index (χ2n) is 8.97. The minimum absolute atomic E-state index is 0.149. The smallest absolute Gasteiger partial charge is 0.311 e.